The molecule has 32 heavy (non-hydrogen) atoms. The average Bonchev–Trinajstić information content (AvgIpc) is 3.33. The number of nitrogens with zero attached hydrogens (tertiary/aromatic N) is 5. The van der Waals surface area contributed by atoms with Crippen molar-refractivity contribution in [3.8, 4) is 17.3 Å². The summed E-state index contributed by atoms with van der Waals surface area (Å²) in [6, 6.07) is 17.2. The molecule has 0 atom stereocenters. The largest absolute Gasteiger partial charge is 0.471 e. The van der Waals surface area contributed by atoms with Crippen LogP contribution in [0.5, 0.6) is 5.88 Å². The minimum Gasteiger partial charge on any atom is -0.471 e. The molecule has 170 valence electrons. The molecule has 2 aromatic heterocycles. The van der Waals surface area contributed by atoms with Crippen molar-refractivity contribution in [2.75, 3.05) is 0 Å². The van der Waals surface area contributed by atoms with E-state index in [1.807, 2.05) is 82.3 Å². The average molecular weight is 456 g/mol. The van der Waals surface area contributed by atoms with E-state index < -0.39 is 0 Å². The molecule has 2 aromatic carbocycles. The lowest BCUT2D eigenvalue weighted by atomic mass is 10.2. The van der Waals surface area contributed by atoms with Gasteiger partial charge in [0.15, 0.2) is 0 Å². The Bertz CT molecular complexity index is 1180. The number of ether oxygens (including phenoxy) is 1. The highest BCUT2D eigenvalue weighted by molar-refractivity contribution is 6.31. The topological polar surface area (TPSA) is 66.9 Å². The standard InChI is InChI=1S/C20H18ClN5O2.2C2H6/c1-14-22-24(2)20(27)26(14)18-11-7-6-8-15(18)13-28-19-17(21)12-25(23-19)16-9-4-3-5-10-16;2*1-2/h3-12H,13H2,1-2H3;2*1-2H3. The van der Waals surface area contributed by atoms with Gasteiger partial charge in [-0.15, -0.1) is 5.10 Å². The van der Waals surface area contributed by atoms with E-state index in [1.54, 1.807) is 29.4 Å². The molecule has 0 N–H and O–H groups in total. The van der Waals surface area contributed by atoms with E-state index in [0.29, 0.717) is 16.7 Å². The molecule has 0 bridgehead atoms. The number of para-hydroxylation sites is 2. The smallest absolute Gasteiger partial charge is 0.350 e. The second kappa shape index (κ2) is 11.9. The molecule has 0 saturated carbocycles. The van der Waals surface area contributed by atoms with Crippen molar-refractivity contribution in [3.63, 3.8) is 0 Å². The number of rotatable bonds is 5. The van der Waals surface area contributed by atoms with E-state index >= 15 is 0 Å². The van der Waals surface area contributed by atoms with Crippen LogP contribution >= 0.6 is 11.6 Å². The molecular weight excluding hydrogens is 426 g/mol. The van der Waals surface area contributed by atoms with Crippen molar-refractivity contribution < 1.29 is 4.74 Å². The minimum absolute atomic E-state index is 0.211. The van der Waals surface area contributed by atoms with Crippen molar-refractivity contribution >= 4 is 11.6 Å². The molecule has 0 aliphatic carbocycles. The summed E-state index contributed by atoms with van der Waals surface area (Å²) in [7, 11) is 1.63. The normalized spacial score (nSPS) is 9.97. The summed E-state index contributed by atoms with van der Waals surface area (Å²) < 4.78 is 10.4. The van der Waals surface area contributed by atoms with Crippen LogP contribution < -0.4 is 10.4 Å². The third-order valence-corrected chi connectivity index (χ3v) is 4.60. The fraction of sp³-hybridized carbons (Fsp3) is 0.292. The van der Waals surface area contributed by atoms with E-state index in [4.69, 9.17) is 16.3 Å². The van der Waals surface area contributed by atoms with Crippen LogP contribution in [-0.2, 0) is 13.7 Å². The van der Waals surface area contributed by atoms with Gasteiger partial charge in [0.2, 0.25) is 0 Å². The molecule has 0 aliphatic rings. The molecule has 0 saturated heterocycles. The maximum atomic E-state index is 12.4. The van der Waals surface area contributed by atoms with Crippen LogP contribution in [0.2, 0.25) is 5.02 Å². The number of aryl methyl sites for hydroxylation is 2. The Morgan fingerprint density at radius 2 is 1.56 bits per heavy atom. The predicted octanol–water partition coefficient (Wildman–Crippen LogP) is 5.35. The first-order valence-corrected chi connectivity index (χ1v) is 11.1. The van der Waals surface area contributed by atoms with E-state index in [9.17, 15) is 4.79 Å². The second-order valence-electron chi connectivity index (χ2n) is 6.27. The second-order valence-corrected chi connectivity index (χ2v) is 6.68. The Balaban J connectivity index is 0.000000860. The van der Waals surface area contributed by atoms with Crippen LogP contribution in [0.3, 0.4) is 0 Å². The van der Waals surface area contributed by atoms with Crippen LogP contribution in [0.25, 0.3) is 11.4 Å². The summed E-state index contributed by atoms with van der Waals surface area (Å²) >= 11 is 6.29. The molecule has 8 heteroatoms. The maximum absolute atomic E-state index is 12.4. The van der Waals surface area contributed by atoms with E-state index in [1.165, 1.54) is 4.68 Å². The third kappa shape index (κ3) is 5.48. The van der Waals surface area contributed by atoms with Gasteiger partial charge >= 0.3 is 5.69 Å². The van der Waals surface area contributed by atoms with Crippen molar-refractivity contribution in [2.45, 2.75) is 41.2 Å². The van der Waals surface area contributed by atoms with Crippen LogP contribution in [-0.4, -0.2) is 24.1 Å². The van der Waals surface area contributed by atoms with Crippen molar-refractivity contribution in [3.05, 3.63) is 87.7 Å². The Kier molecular flexibility index (Phi) is 9.28. The number of benzene rings is 2. The van der Waals surface area contributed by atoms with Gasteiger partial charge in [0, 0.05) is 12.6 Å². The lowest BCUT2D eigenvalue weighted by Crippen LogP contribution is -2.23. The molecule has 0 fully saturated rings. The first-order chi connectivity index (χ1) is 15.5. The van der Waals surface area contributed by atoms with Gasteiger partial charge in [-0.05, 0) is 25.1 Å². The summed E-state index contributed by atoms with van der Waals surface area (Å²) in [5.41, 5.74) is 2.22. The molecule has 2 heterocycles. The molecule has 0 unspecified atom stereocenters. The molecule has 0 radical (unpaired) electrons. The lowest BCUT2D eigenvalue weighted by Gasteiger charge is -2.11. The summed E-state index contributed by atoms with van der Waals surface area (Å²) in [5, 5.41) is 9.01. The highest BCUT2D eigenvalue weighted by atomic mass is 35.5. The molecule has 4 aromatic rings. The van der Waals surface area contributed by atoms with Crippen LogP contribution in [0.4, 0.5) is 0 Å². The Morgan fingerprint density at radius 3 is 2.19 bits per heavy atom. The minimum atomic E-state index is -0.212. The molecule has 4 rings (SSSR count). The Morgan fingerprint density at radius 1 is 0.938 bits per heavy atom. The highest BCUT2D eigenvalue weighted by Crippen LogP contribution is 2.25. The third-order valence-electron chi connectivity index (χ3n) is 4.34. The monoisotopic (exact) mass is 455 g/mol. The van der Waals surface area contributed by atoms with Crippen LogP contribution in [0, 0.1) is 6.92 Å². The number of hydrogen-bond acceptors (Lipinski definition) is 4. The van der Waals surface area contributed by atoms with E-state index in [-0.39, 0.29) is 12.3 Å². The number of halogens is 1. The van der Waals surface area contributed by atoms with Gasteiger partial charge in [-0.1, -0.05) is 75.7 Å². The quantitative estimate of drug-likeness (QED) is 0.406. The van der Waals surface area contributed by atoms with E-state index in [2.05, 4.69) is 10.2 Å². The zero-order chi connectivity index (χ0) is 23.7. The first kappa shape index (κ1) is 24.9. The zero-order valence-electron chi connectivity index (χ0n) is 19.4. The number of hydrogen-bond donors (Lipinski definition) is 0. The fourth-order valence-electron chi connectivity index (χ4n) is 3.01. The van der Waals surface area contributed by atoms with Crippen molar-refractivity contribution in [1.29, 1.82) is 0 Å². The fourth-order valence-corrected chi connectivity index (χ4v) is 3.19. The Labute approximate surface area is 193 Å². The zero-order valence-corrected chi connectivity index (χ0v) is 20.2. The predicted molar refractivity (Wildman–Crippen MR) is 129 cm³/mol. The highest BCUT2D eigenvalue weighted by Gasteiger charge is 2.15. The van der Waals surface area contributed by atoms with Crippen LogP contribution in [0.15, 0.2) is 65.6 Å². The summed E-state index contributed by atoms with van der Waals surface area (Å²) in [5.74, 6) is 0.932. The van der Waals surface area contributed by atoms with Crippen molar-refractivity contribution in [1.82, 2.24) is 24.1 Å². The molecule has 0 amide bonds. The van der Waals surface area contributed by atoms with Gasteiger partial charge in [-0.2, -0.15) is 5.10 Å². The molecule has 0 spiro atoms. The number of aromatic nitrogens is 5. The van der Waals surface area contributed by atoms with Gasteiger partial charge in [0.05, 0.1) is 17.6 Å². The molecular formula is C24H30ClN5O2. The molecule has 7 nitrogen and oxygen atoms in total. The van der Waals surface area contributed by atoms with Gasteiger partial charge < -0.3 is 4.74 Å². The van der Waals surface area contributed by atoms with Crippen LogP contribution in [0.1, 0.15) is 39.1 Å². The van der Waals surface area contributed by atoms with Gasteiger partial charge in [-0.25, -0.2) is 18.7 Å². The lowest BCUT2D eigenvalue weighted by molar-refractivity contribution is 0.291. The van der Waals surface area contributed by atoms with Gasteiger partial charge in [0.1, 0.15) is 17.5 Å². The Hall–Kier alpha value is -3.32. The van der Waals surface area contributed by atoms with E-state index in [0.717, 1.165) is 16.9 Å². The maximum Gasteiger partial charge on any atom is 0.350 e. The van der Waals surface area contributed by atoms with Gasteiger partial charge in [-0.3, -0.25) is 0 Å². The van der Waals surface area contributed by atoms with Crippen molar-refractivity contribution in [2.24, 2.45) is 7.05 Å². The molecule has 0 aliphatic heterocycles. The summed E-state index contributed by atoms with van der Waals surface area (Å²) in [6.45, 7) is 10.00. The first-order valence-electron chi connectivity index (χ1n) is 10.7. The SMILES string of the molecule is CC.CC.Cc1nn(C)c(=O)n1-c1ccccc1COc1nn(-c2ccccc2)cc1Cl. The van der Waals surface area contributed by atoms with Gasteiger partial charge in [0.25, 0.3) is 5.88 Å². The summed E-state index contributed by atoms with van der Waals surface area (Å²) in [4.78, 5) is 12.4. The summed E-state index contributed by atoms with van der Waals surface area (Å²) in [6.07, 6.45) is 1.70.